The van der Waals surface area contributed by atoms with Gasteiger partial charge in [-0.2, -0.15) is 0 Å². The molecule has 1 aliphatic heterocycles. The van der Waals surface area contributed by atoms with Gasteiger partial charge in [0.1, 0.15) is 11.5 Å². The molecule has 2 heterocycles. The molecule has 0 aliphatic carbocycles. The summed E-state index contributed by atoms with van der Waals surface area (Å²) in [5.41, 5.74) is 2.24. The molecule has 6 nitrogen and oxygen atoms in total. The molecule has 2 amide bonds. The van der Waals surface area contributed by atoms with Crippen molar-refractivity contribution in [1.29, 1.82) is 0 Å². The Labute approximate surface area is 167 Å². The third-order valence-corrected chi connectivity index (χ3v) is 4.94. The minimum Gasteiger partial charge on any atom is -0.351 e. The molecule has 0 radical (unpaired) electrons. The number of amides is 2. The number of hydrogen-bond acceptors (Lipinski definition) is 3. The topological polar surface area (TPSA) is 76.0 Å². The summed E-state index contributed by atoms with van der Waals surface area (Å²) >= 11 is 0. The lowest BCUT2D eigenvalue weighted by Crippen LogP contribution is -2.38. The number of aromatic nitrogens is 2. The van der Waals surface area contributed by atoms with Crippen LogP contribution < -0.4 is 10.6 Å². The Balaban J connectivity index is 1.37. The van der Waals surface area contributed by atoms with Gasteiger partial charge in [0.2, 0.25) is 0 Å². The quantitative estimate of drug-likeness (QED) is 0.634. The Kier molecular flexibility index (Phi) is 5.37. The van der Waals surface area contributed by atoms with Gasteiger partial charge in [-0.1, -0.05) is 42.5 Å². The highest BCUT2D eigenvalue weighted by atomic mass is 19.1. The lowest BCUT2D eigenvalue weighted by molar-refractivity contribution is 0.0894. The molecule has 1 atom stereocenters. The highest BCUT2D eigenvalue weighted by Crippen LogP contribution is 2.21. The molecule has 0 fully saturated rings. The second-order valence-corrected chi connectivity index (χ2v) is 7.02. The Morgan fingerprint density at radius 3 is 2.69 bits per heavy atom. The molecule has 0 saturated heterocycles. The van der Waals surface area contributed by atoms with E-state index in [-0.39, 0.29) is 35.2 Å². The number of rotatable bonds is 6. The van der Waals surface area contributed by atoms with Crippen LogP contribution in [0, 0.1) is 5.82 Å². The highest BCUT2D eigenvalue weighted by Gasteiger charge is 2.28. The molecule has 7 heteroatoms. The Bertz CT molecular complexity index is 1020. The third kappa shape index (κ3) is 4.34. The third-order valence-electron chi connectivity index (χ3n) is 4.94. The summed E-state index contributed by atoms with van der Waals surface area (Å²) in [5.74, 6) is -0.775. The zero-order valence-corrected chi connectivity index (χ0v) is 15.8. The summed E-state index contributed by atoms with van der Waals surface area (Å²) in [4.78, 5) is 29.0. The first kappa shape index (κ1) is 18.9. The maximum atomic E-state index is 13.1. The minimum atomic E-state index is -0.353. The van der Waals surface area contributed by atoms with Crippen LogP contribution in [0.3, 0.4) is 0 Å². The van der Waals surface area contributed by atoms with E-state index in [1.807, 2.05) is 18.2 Å². The SMILES string of the molecule is O=C(NCCCc1ccccc1)c1cn2c(n1)C(=O)N[C@H](c1ccc(F)cc1)C2. The Morgan fingerprint density at radius 1 is 1.17 bits per heavy atom. The summed E-state index contributed by atoms with van der Waals surface area (Å²) < 4.78 is 14.8. The maximum Gasteiger partial charge on any atom is 0.287 e. The molecule has 0 unspecified atom stereocenters. The zero-order chi connectivity index (χ0) is 20.2. The number of carbonyl (C=O) groups excluding carboxylic acids is 2. The molecular formula is C22H21FN4O2. The molecule has 1 aliphatic rings. The van der Waals surface area contributed by atoms with Gasteiger partial charge in [-0.05, 0) is 36.1 Å². The number of benzene rings is 2. The van der Waals surface area contributed by atoms with Crippen molar-refractivity contribution >= 4 is 11.8 Å². The molecule has 4 rings (SSSR count). The molecule has 148 valence electrons. The normalized spacial score (nSPS) is 15.5. The van der Waals surface area contributed by atoms with Gasteiger partial charge in [-0.3, -0.25) is 9.59 Å². The lowest BCUT2D eigenvalue weighted by Gasteiger charge is -2.25. The van der Waals surface area contributed by atoms with Crippen molar-refractivity contribution < 1.29 is 14.0 Å². The molecule has 2 N–H and O–H groups in total. The van der Waals surface area contributed by atoms with Crippen molar-refractivity contribution in [2.24, 2.45) is 0 Å². The molecule has 1 aromatic heterocycles. The molecule has 0 spiro atoms. The molecule has 0 bridgehead atoms. The van der Waals surface area contributed by atoms with Crippen LogP contribution in [0.15, 0.2) is 60.8 Å². The van der Waals surface area contributed by atoms with Gasteiger partial charge in [0.25, 0.3) is 11.8 Å². The van der Waals surface area contributed by atoms with Crippen LogP contribution >= 0.6 is 0 Å². The molecule has 2 aromatic carbocycles. The average molecular weight is 392 g/mol. The predicted octanol–water partition coefficient (Wildman–Crippen LogP) is 2.87. The number of imidazole rings is 1. The predicted molar refractivity (Wildman–Crippen MR) is 106 cm³/mol. The lowest BCUT2D eigenvalue weighted by atomic mass is 10.1. The van der Waals surface area contributed by atoms with Crippen LogP contribution in [0.5, 0.6) is 0 Å². The standard InChI is InChI=1S/C22H21FN4O2/c23-17-10-8-16(9-11-17)18-13-27-14-19(25-20(27)22(29)26-18)21(28)24-12-4-7-15-5-2-1-3-6-15/h1-3,5-6,8-11,14,18H,4,7,12-13H2,(H,24,28)(H,26,29)/t18-/m0/s1. The number of carbonyl (C=O) groups is 2. The first-order valence-corrected chi connectivity index (χ1v) is 9.56. The zero-order valence-electron chi connectivity index (χ0n) is 15.8. The van der Waals surface area contributed by atoms with E-state index in [1.54, 1.807) is 22.9 Å². The summed E-state index contributed by atoms with van der Waals surface area (Å²) in [7, 11) is 0. The van der Waals surface area contributed by atoms with E-state index < -0.39 is 0 Å². The van der Waals surface area contributed by atoms with E-state index in [2.05, 4.69) is 27.8 Å². The van der Waals surface area contributed by atoms with Crippen molar-refractivity contribution in [3.8, 4) is 0 Å². The number of nitrogens with one attached hydrogen (secondary N) is 2. The van der Waals surface area contributed by atoms with Gasteiger partial charge in [0.05, 0.1) is 6.04 Å². The van der Waals surface area contributed by atoms with Crippen LogP contribution in [0.1, 0.15) is 44.7 Å². The van der Waals surface area contributed by atoms with Crippen LogP contribution in [0.25, 0.3) is 0 Å². The van der Waals surface area contributed by atoms with Crippen molar-refractivity contribution in [2.45, 2.75) is 25.4 Å². The number of aryl methyl sites for hydroxylation is 1. The highest BCUT2D eigenvalue weighted by molar-refractivity contribution is 5.96. The fourth-order valence-electron chi connectivity index (χ4n) is 3.42. The van der Waals surface area contributed by atoms with Gasteiger partial charge in [0.15, 0.2) is 5.82 Å². The summed E-state index contributed by atoms with van der Waals surface area (Å²) in [5, 5.41) is 5.71. The van der Waals surface area contributed by atoms with Gasteiger partial charge in [-0.25, -0.2) is 9.37 Å². The second kappa shape index (κ2) is 8.26. The van der Waals surface area contributed by atoms with E-state index >= 15 is 0 Å². The fourth-order valence-corrected chi connectivity index (χ4v) is 3.42. The van der Waals surface area contributed by atoms with Crippen LogP contribution in [-0.4, -0.2) is 27.9 Å². The first-order valence-electron chi connectivity index (χ1n) is 9.56. The van der Waals surface area contributed by atoms with E-state index in [4.69, 9.17) is 0 Å². The van der Waals surface area contributed by atoms with Gasteiger partial charge in [0, 0.05) is 19.3 Å². The molecular weight excluding hydrogens is 371 g/mol. The van der Waals surface area contributed by atoms with E-state index in [9.17, 15) is 14.0 Å². The van der Waals surface area contributed by atoms with Crippen LogP contribution in [-0.2, 0) is 13.0 Å². The van der Waals surface area contributed by atoms with Crippen LogP contribution in [0.2, 0.25) is 0 Å². The van der Waals surface area contributed by atoms with Gasteiger partial charge >= 0.3 is 0 Å². The number of fused-ring (bicyclic) bond motifs is 1. The monoisotopic (exact) mass is 392 g/mol. The number of hydrogen-bond donors (Lipinski definition) is 2. The Morgan fingerprint density at radius 2 is 1.93 bits per heavy atom. The molecule has 29 heavy (non-hydrogen) atoms. The van der Waals surface area contributed by atoms with E-state index in [0.29, 0.717) is 13.1 Å². The number of nitrogens with zero attached hydrogens (tertiary/aromatic N) is 2. The van der Waals surface area contributed by atoms with Crippen LogP contribution in [0.4, 0.5) is 4.39 Å². The van der Waals surface area contributed by atoms with E-state index in [1.165, 1.54) is 17.7 Å². The second-order valence-electron chi connectivity index (χ2n) is 7.02. The van der Waals surface area contributed by atoms with E-state index in [0.717, 1.165) is 18.4 Å². The van der Waals surface area contributed by atoms with Crippen molar-refractivity contribution in [3.05, 3.63) is 89.3 Å². The summed E-state index contributed by atoms with van der Waals surface area (Å²) in [6.07, 6.45) is 3.29. The van der Waals surface area contributed by atoms with Crippen molar-refractivity contribution in [3.63, 3.8) is 0 Å². The largest absolute Gasteiger partial charge is 0.351 e. The Hall–Kier alpha value is -3.48. The molecule has 0 saturated carbocycles. The molecule has 3 aromatic rings. The minimum absolute atomic E-state index is 0.206. The van der Waals surface area contributed by atoms with Gasteiger partial charge < -0.3 is 15.2 Å². The smallest absolute Gasteiger partial charge is 0.287 e. The van der Waals surface area contributed by atoms with Crippen molar-refractivity contribution in [2.75, 3.05) is 6.54 Å². The average Bonchev–Trinajstić information content (AvgIpc) is 3.17. The van der Waals surface area contributed by atoms with Crippen molar-refractivity contribution in [1.82, 2.24) is 20.2 Å². The fraction of sp³-hybridized carbons (Fsp3) is 0.227. The summed E-state index contributed by atoms with van der Waals surface area (Å²) in [6, 6.07) is 15.8. The van der Waals surface area contributed by atoms with Gasteiger partial charge in [-0.15, -0.1) is 0 Å². The maximum absolute atomic E-state index is 13.1. The first-order chi connectivity index (χ1) is 14.1. The number of halogens is 1. The summed E-state index contributed by atoms with van der Waals surface area (Å²) in [6.45, 7) is 0.960.